The van der Waals surface area contributed by atoms with Crippen LogP contribution in [-0.2, 0) is 11.2 Å². The number of guanidine groups is 1. The summed E-state index contributed by atoms with van der Waals surface area (Å²) >= 11 is 0. The van der Waals surface area contributed by atoms with Crippen molar-refractivity contribution >= 4 is 23.6 Å². The Morgan fingerprint density at radius 1 is 1.15 bits per heavy atom. The SMILES string of the molecule is CCCN1C(=O)C2C(N=C3N(c4ccccc4CC)C(C)=CN32)N(C)C1=O. The number of aryl methyl sites for hydroxylation is 1. The van der Waals surface area contributed by atoms with E-state index in [9.17, 15) is 9.59 Å². The minimum absolute atomic E-state index is 0.168. The Labute approximate surface area is 159 Å². The molecular formula is C20H25N5O2. The quantitative estimate of drug-likeness (QED) is 0.821. The highest BCUT2D eigenvalue weighted by atomic mass is 16.2. The number of anilines is 1. The molecule has 1 aromatic carbocycles. The third-order valence-corrected chi connectivity index (χ3v) is 5.45. The highest BCUT2D eigenvalue weighted by Gasteiger charge is 2.54. The summed E-state index contributed by atoms with van der Waals surface area (Å²) in [7, 11) is 1.72. The van der Waals surface area contributed by atoms with Gasteiger partial charge in [-0.1, -0.05) is 32.0 Å². The van der Waals surface area contributed by atoms with Crippen LogP contribution in [0.1, 0.15) is 32.8 Å². The molecule has 7 nitrogen and oxygen atoms in total. The number of aliphatic imine (C=N–C) groups is 1. The molecular weight excluding hydrogens is 342 g/mol. The summed E-state index contributed by atoms with van der Waals surface area (Å²) in [5.41, 5.74) is 3.30. The van der Waals surface area contributed by atoms with Gasteiger partial charge >= 0.3 is 6.03 Å². The summed E-state index contributed by atoms with van der Waals surface area (Å²) in [5.74, 6) is 0.549. The highest BCUT2D eigenvalue weighted by Crippen LogP contribution is 2.37. The number of para-hydroxylation sites is 1. The smallest absolute Gasteiger partial charge is 0.302 e. The molecule has 2 atom stereocenters. The third-order valence-electron chi connectivity index (χ3n) is 5.45. The van der Waals surface area contributed by atoms with Gasteiger partial charge in [-0.05, 0) is 31.4 Å². The first-order valence-corrected chi connectivity index (χ1v) is 9.50. The van der Waals surface area contributed by atoms with Gasteiger partial charge in [-0.25, -0.2) is 9.79 Å². The largest absolute Gasteiger partial charge is 0.328 e. The molecule has 3 aliphatic rings. The number of hydrogen-bond donors (Lipinski definition) is 0. The van der Waals surface area contributed by atoms with E-state index in [0.29, 0.717) is 6.54 Å². The Kier molecular flexibility index (Phi) is 4.17. The summed E-state index contributed by atoms with van der Waals surface area (Å²) in [6, 6.07) is 7.46. The standard InChI is InChI=1S/C20H25N5O2/c1-5-11-23-18(26)16-17(22(4)20(23)27)21-19-24(16)12-13(3)25(19)15-10-8-7-9-14(15)6-2/h7-10,12,16-17H,5-6,11H2,1-4H3. The number of urea groups is 1. The van der Waals surface area contributed by atoms with Crippen molar-refractivity contribution in [1.29, 1.82) is 0 Å². The van der Waals surface area contributed by atoms with Crippen LogP contribution < -0.4 is 4.90 Å². The van der Waals surface area contributed by atoms with Crippen LogP contribution in [0.15, 0.2) is 41.2 Å². The Morgan fingerprint density at radius 3 is 2.59 bits per heavy atom. The molecule has 2 unspecified atom stereocenters. The van der Waals surface area contributed by atoms with Gasteiger partial charge in [0.1, 0.15) is 0 Å². The van der Waals surface area contributed by atoms with E-state index >= 15 is 0 Å². The summed E-state index contributed by atoms with van der Waals surface area (Å²) < 4.78 is 0. The topological polar surface area (TPSA) is 59.5 Å². The van der Waals surface area contributed by atoms with Crippen LogP contribution in [0.3, 0.4) is 0 Å². The molecule has 0 aliphatic carbocycles. The van der Waals surface area contributed by atoms with Crippen LogP contribution >= 0.6 is 0 Å². The second kappa shape index (κ2) is 6.40. The molecule has 4 rings (SSSR count). The maximum atomic E-state index is 13.1. The number of nitrogens with zero attached hydrogens (tertiary/aromatic N) is 5. The number of allylic oxidation sites excluding steroid dienone is 1. The van der Waals surface area contributed by atoms with Gasteiger partial charge < -0.3 is 9.80 Å². The lowest BCUT2D eigenvalue weighted by atomic mass is 10.1. The van der Waals surface area contributed by atoms with Crippen molar-refractivity contribution < 1.29 is 9.59 Å². The molecule has 0 radical (unpaired) electrons. The van der Waals surface area contributed by atoms with E-state index < -0.39 is 12.2 Å². The van der Waals surface area contributed by atoms with Crippen molar-refractivity contribution in [3.63, 3.8) is 0 Å². The monoisotopic (exact) mass is 367 g/mol. The summed E-state index contributed by atoms with van der Waals surface area (Å²) in [6.45, 7) is 6.54. The zero-order valence-electron chi connectivity index (χ0n) is 16.2. The van der Waals surface area contributed by atoms with Crippen LogP contribution in [0, 0.1) is 0 Å². The molecule has 142 valence electrons. The second-order valence-corrected chi connectivity index (χ2v) is 7.17. The van der Waals surface area contributed by atoms with E-state index in [1.807, 2.05) is 37.1 Å². The van der Waals surface area contributed by atoms with Crippen molar-refractivity contribution in [1.82, 2.24) is 14.7 Å². The normalized spacial score (nSPS) is 24.3. The fourth-order valence-corrected chi connectivity index (χ4v) is 4.11. The summed E-state index contributed by atoms with van der Waals surface area (Å²) in [4.78, 5) is 37.5. The predicted octanol–water partition coefficient (Wildman–Crippen LogP) is 2.60. The lowest BCUT2D eigenvalue weighted by Gasteiger charge is -2.40. The van der Waals surface area contributed by atoms with E-state index in [-0.39, 0.29) is 11.9 Å². The average molecular weight is 367 g/mol. The molecule has 0 aromatic heterocycles. The lowest BCUT2D eigenvalue weighted by molar-refractivity contribution is -0.136. The maximum Gasteiger partial charge on any atom is 0.328 e. The molecule has 1 fully saturated rings. The van der Waals surface area contributed by atoms with Gasteiger partial charge in [-0.3, -0.25) is 14.6 Å². The molecule has 1 aromatic rings. The number of rotatable bonds is 4. The molecule has 0 spiro atoms. The maximum absolute atomic E-state index is 13.1. The molecule has 0 saturated carbocycles. The Bertz CT molecular complexity index is 862. The molecule has 27 heavy (non-hydrogen) atoms. The van der Waals surface area contributed by atoms with Crippen molar-refractivity contribution in [3.05, 3.63) is 41.7 Å². The number of hydrogen-bond acceptors (Lipinski definition) is 5. The number of carbonyl (C=O) groups is 2. The molecule has 1 saturated heterocycles. The highest BCUT2D eigenvalue weighted by molar-refractivity contribution is 6.10. The van der Waals surface area contributed by atoms with Crippen LogP contribution in [0.25, 0.3) is 0 Å². The number of imide groups is 1. The van der Waals surface area contributed by atoms with Gasteiger partial charge in [0.25, 0.3) is 5.91 Å². The van der Waals surface area contributed by atoms with E-state index in [1.54, 1.807) is 11.9 Å². The molecule has 3 aliphatic heterocycles. The Morgan fingerprint density at radius 2 is 1.89 bits per heavy atom. The van der Waals surface area contributed by atoms with Crippen LogP contribution in [-0.4, -0.2) is 58.4 Å². The number of carbonyl (C=O) groups excluding carboxylic acids is 2. The number of amides is 3. The van der Waals surface area contributed by atoms with Crippen molar-refractivity contribution in [2.24, 2.45) is 4.99 Å². The van der Waals surface area contributed by atoms with Gasteiger partial charge in [0.05, 0.1) is 5.69 Å². The first kappa shape index (κ1) is 17.6. The van der Waals surface area contributed by atoms with E-state index in [1.165, 1.54) is 10.5 Å². The molecule has 0 bridgehead atoms. The zero-order chi connectivity index (χ0) is 19.3. The second-order valence-electron chi connectivity index (χ2n) is 7.17. The minimum Gasteiger partial charge on any atom is -0.302 e. The molecule has 7 heteroatoms. The lowest BCUT2D eigenvalue weighted by Crippen LogP contribution is -2.64. The summed E-state index contributed by atoms with van der Waals surface area (Å²) in [5, 5.41) is 0. The third kappa shape index (κ3) is 2.44. The first-order chi connectivity index (χ1) is 13.0. The van der Waals surface area contributed by atoms with Gasteiger partial charge in [-0.2, -0.15) is 0 Å². The minimum atomic E-state index is -0.497. The predicted molar refractivity (Wildman–Crippen MR) is 104 cm³/mol. The first-order valence-electron chi connectivity index (χ1n) is 9.50. The number of benzene rings is 1. The van der Waals surface area contributed by atoms with Crippen LogP contribution in [0.2, 0.25) is 0 Å². The number of fused-ring (bicyclic) bond motifs is 3. The van der Waals surface area contributed by atoms with Crippen molar-refractivity contribution in [3.8, 4) is 0 Å². The average Bonchev–Trinajstić information content (AvgIpc) is 3.18. The molecule has 3 heterocycles. The van der Waals surface area contributed by atoms with Crippen molar-refractivity contribution in [2.45, 2.75) is 45.8 Å². The van der Waals surface area contributed by atoms with E-state index in [4.69, 9.17) is 4.99 Å². The van der Waals surface area contributed by atoms with Crippen molar-refractivity contribution in [2.75, 3.05) is 18.5 Å². The zero-order valence-corrected chi connectivity index (χ0v) is 16.2. The fraction of sp³-hybridized carbons (Fsp3) is 0.450. The van der Waals surface area contributed by atoms with Gasteiger partial charge in [0, 0.05) is 25.5 Å². The summed E-state index contributed by atoms with van der Waals surface area (Å²) in [6.07, 6.45) is 3.12. The van der Waals surface area contributed by atoms with E-state index in [2.05, 4.69) is 24.0 Å². The van der Waals surface area contributed by atoms with E-state index in [0.717, 1.165) is 30.2 Å². The molecule has 0 N–H and O–H groups in total. The van der Waals surface area contributed by atoms with Gasteiger partial charge in [-0.15, -0.1) is 0 Å². The molecule has 3 amide bonds. The Hall–Kier alpha value is -2.83. The van der Waals surface area contributed by atoms with Crippen LogP contribution in [0.5, 0.6) is 0 Å². The van der Waals surface area contributed by atoms with Gasteiger partial charge in [0.2, 0.25) is 5.96 Å². The number of likely N-dealkylation sites (N-methyl/N-ethyl adjacent to an activating group) is 1. The van der Waals surface area contributed by atoms with Crippen LogP contribution in [0.4, 0.5) is 10.5 Å². The Balaban J connectivity index is 1.75. The van der Waals surface area contributed by atoms with Gasteiger partial charge in [0.15, 0.2) is 12.2 Å². The fourth-order valence-electron chi connectivity index (χ4n) is 4.11.